The van der Waals surface area contributed by atoms with Crippen molar-refractivity contribution in [3.8, 4) is 0 Å². The van der Waals surface area contributed by atoms with E-state index in [2.05, 4.69) is 0 Å². The lowest BCUT2D eigenvalue weighted by atomic mass is 10.2. The van der Waals surface area contributed by atoms with Crippen molar-refractivity contribution < 1.29 is 9.59 Å². The molecular formula is C10H9NO2S. The third-order valence-corrected chi connectivity index (χ3v) is 2.97. The van der Waals surface area contributed by atoms with Crippen molar-refractivity contribution in [2.45, 2.75) is 6.42 Å². The predicted octanol–water partition coefficient (Wildman–Crippen LogP) is 1.52. The number of amides is 2. The Labute approximate surface area is 85.6 Å². The van der Waals surface area contributed by atoms with Gasteiger partial charge < -0.3 is 0 Å². The van der Waals surface area contributed by atoms with Gasteiger partial charge in [0.1, 0.15) is 0 Å². The average Bonchev–Trinajstić information content (AvgIpc) is 2.73. The molecule has 0 bridgehead atoms. The van der Waals surface area contributed by atoms with Crippen LogP contribution < -0.4 is 0 Å². The van der Waals surface area contributed by atoms with Crippen LogP contribution in [0.25, 0.3) is 6.08 Å². The fourth-order valence-electron chi connectivity index (χ4n) is 1.34. The summed E-state index contributed by atoms with van der Waals surface area (Å²) in [5, 5.41) is 1.94. The highest BCUT2D eigenvalue weighted by atomic mass is 32.1. The van der Waals surface area contributed by atoms with E-state index in [1.54, 1.807) is 17.4 Å². The number of carbonyl (C=O) groups excluding carboxylic acids is 2. The summed E-state index contributed by atoms with van der Waals surface area (Å²) in [7, 11) is 1.51. The minimum Gasteiger partial charge on any atom is -0.282 e. The minimum atomic E-state index is -0.177. The SMILES string of the molecule is CN1C(=O)C/C(=C/c2cccs2)C1=O. The first-order valence-corrected chi connectivity index (χ1v) is 5.11. The Balaban J connectivity index is 2.29. The molecular weight excluding hydrogens is 198 g/mol. The molecule has 0 aliphatic carbocycles. The van der Waals surface area contributed by atoms with Crippen molar-refractivity contribution in [3.05, 3.63) is 28.0 Å². The number of thiophene rings is 1. The summed E-state index contributed by atoms with van der Waals surface area (Å²) in [5.41, 5.74) is 0.583. The van der Waals surface area contributed by atoms with E-state index in [-0.39, 0.29) is 18.2 Å². The number of imide groups is 1. The molecule has 1 aromatic rings. The zero-order valence-electron chi connectivity index (χ0n) is 7.69. The number of hydrogen-bond donors (Lipinski definition) is 0. The van der Waals surface area contributed by atoms with Crippen LogP contribution >= 0.6 is 11.3 Å². The second-order valence-corrected chi connectivity index (χ2v) is 4.10. The maximum absolute atomic E-state index is 11.5. The van der Waals surface area contributed by atoms with E-state index in [0.29, 0.717) is 5.57 Å². The Hall–Kier alpha value is -1.42. The fraction of sp³-hybridized carbons (Fsp3) is 0.200. The van der Waals surface area contributed by atoms with Gasteiger partial charge in [0, 0.05) is 17.5 Å². The highest BCUT2D eigenvalue weighted by Crippen LogP contribution is 2.21. The molecule has 1 aliphatic heterocycles. The van der Waals surface area contributed by atoms with Crippen LogP contribution in [0.5, 0.6) is 0 Å². The smallest absolute Gasteiger partial charge is 0.256 e. The molecule has 0 spiro atoms. The molecule has 14 heavy (non-hydrogen) atoms. The molecule has 3 nitrogen and oxygen atoms in total. The summed E-state index contributed by atoms with van der Waals surface area (Å²) in [6.45, 7) is 0. The van der Waals surface area contributed by atoms with Crippen LogP contribution in [0, 0.1) is 0 Å². The van der Waals surface area contributed by atoms with Gasteiger partial charge in [0.15, 0.2) is 0 Å². The summed E-state index contributed by atoms with van der Waals surface area (Å²) in [6.07, 6.45) is 2.02. The highest BCUT2D eigenvalue weighted by molar-refractivity contribution is 7.10. The molecule has 0 saturated carbocycles. The Morgan fingerprint density at radius 1 is 1.50 bits per heavy atom. The first kappa shape index (κ1) is 9.15. The Morgan fingerprint density at radius 3 is 2.79 bits per heavy atom. The zero-order chi connectivity index (χ0) is 10.1. The van der Waals surface area contributed by atoms with E-state index >= 15 is 0 Å². The number of nitrogens with zero attached hydrogens (tertiary/aromatic N) is 1. The number of likely N-dealkylation sites (N-methyl/N-ethyl adjacent to an activating group) is 1. The predicted molar refractivity (Wildman–Crippen MR) is 54.7 cm³/mol. The van der Waals surface area contributed by atoms with Gasteiger partial charge in [-0.15, -0.1) is 11.3 Å². The summed E-state index contributed by atoms with van der Waals surface area (Å²) in [5.74, 6) is -0.304. The van der Waals surface area contributed by atoms with Gasteiger partial charge >= 0.3 is 0 Å². The maximum atomic E-state index is 11.5. The van der Waals surface area contributed by atoms with Gasteiger partial charge in [0.25, 0.3) is 5.91 Å². The Morgan fingerprint density at radius 2 is 2.29 bits per heavy atom. The Kier molecular flexibility index (Phi) is 2.21. The van der Waals surface area contributed by atoms with Crippen molar-refractivity contribution in [2.75, 3.05) is 7.05 Å². The summed E-state index contributed by atoms with van der Waals surface area (Å²) in [4.78, 5) is 24.9. The second-order valence-electron chi connectivity index (χ2n) is 3.12. The van der Waals surface area contributed by atoms with Crippen LogP contribution in [-0.4, -0.2) is 23.8 Å². The normalized spacial score (nSPS) is 19.8. The first-order chi connectivity index (χ1) is 6.68. The molecule has 0 radical (unpaired) electrons. The van der Waals surface area contributed by atoms with E-state index < -0.39 is 0 Å². The quantitative estimate of drug-likeness (QED) is 0.517. The molecule has 1 saturated heterocycles. The van der Waals surface area contributed by atoms with Crippen LogP contribution in [0.4, 0.5) is 0 Å². The van der Waals surface area contributed by atoms with Gasteiger partial charge in [-0.1, -0.05) is 6.07 Å². The van der Waals surface area contributed by atoms with E-state index in [0.717, 1.165) is 4.88 Å². The number of rotatable bonds is 1. The fourth-order valence-corrected chi connectivity index (χ4v) is 2.03. The second kappa shape index (κ2) is 3.38. The van der Waals surface area contributed by atoms with Crippen molar-refractivity contribution in [1.29, 1.82) is 0 Å². The maximum Gasteiger partial charge on any atom is 0.256 e. The van der Waals surface area contributed by atoms with E-state index in [1.165, 1.54) is 11.9 Å². The topological polar surface area (TPSA) is 37.4 Å². The van der Waals surface area contributed by atoms with Crippen molar-refractivity contribution in [3.63, 3.8) is 0 Å². The molecule has 0 unspecified atom stereocenters. The third-order valence-electron chi connectivity index (χ3n) is 2.15. The van der Waals surface area contributed by atoms with Crippen LogP contribution in [0.2, 0.25) is 0 Å². The van der Waals surface area contributed by atoms with Crippen molar-refractivity contribution in [2.24, 2.45) is 0 Å². The van der Waals surface area contributed by atoms with Crippen LogP contribution in [0.15, 0.2) is 23.1 Å². The molecule has 2 heterocycles. The molecule has 2 rings (SSSR count). The summed E-state index contributed by atoms with van der Waals surface area (Å²) in [6, 6.07) is 3.84. The first-order valence-electron chi connectivity index (χ1n) is 4.23. The van der Waals surface area contributed by atoms with Gasteiger partial charge in [-0.05, 0) is 17.5 Å². The number of likely N-dealkylation sites (tertiary alicyclic amines) is 1. The number of hydrogen-bond acceptors (Lipinski definition) is 3. The lowest BCUT2D eigenvalue weighted by Gasteiger charge is -2.02. The molecule has 0 aromatic carbocycles. The monoisotopic (exact) mass is 207 g/mol. The van der Waals surface area contributed by atoms with E-state index in [1.807, 2.05) is 17.5 Å². The minimum absolute atomic E-state index is 0.127. The molecule has 72 valence electrons. The molecule has 2 amide bonds. The van der Waals surface area contributed by atoms with Crippen LogP contribution in [-0.2, 0) is 9.59 Å². The lowest BCUT2D eigenvalue weighted by Crippen LogP contribution is -2.23. The van der Waals surface area contributed by atoms with Crippen LogP contribution in [0.3, 0.4) is 0 Å². The summed E-state index contributed by atoms with van der Waals surface area (Å²) >= 11 is 1.56. The molecule has 0 N–H and O–H groups in total. The van der Waals surface area contributed by atoms with Crippen LogP contribution in [0.1, 0.15) is 11.3 Å². The van der Waals surface area contributed by atoms with Gasteiger partial charge in [0.05, 0.1) is 6.42 Å². The van der Waals surface area contributed by atoms with Crippen molar-refractivity contribution in [1.82, 2.24) is 4.90 Å². The molecule has 1 fully saturated rings. The van der Waals surface area contributed by atoms with E-state index in [9.17, 15) is 9.59 Å². The lowest BCUT2D eigenvalue weighted by molar-refractivity contribution is -0.135. The van der Waals surface area contributed by atoms with Crippen molar-refractivity contribution >= 4 is 29.2 Å². The van der Waals surface area contributed by atoms with E-state index in [4.69, 9.17) is 0 Å². The zero-order valence-corrected chi connectivity index (χ0v) is 8.50. The number of carbonyl (C=O) groups is 2. The standard InChI is InChI=1S/C10H9NO2S/c1-11-9(12)6-7(10(11)13)5-8-3-2-4-14-8/h2-5H,6H2,1H3/b7-5-. The summed E-state index contributed by atoms with van der Waals surface area (Å²) < 4.78 is 0. The molecule has 1 aromatic heterocycles. The third kappa shape index (κ3) is 1.48. The Bertz CT molecular complexity index is 406. The molecule has 1 aliphatic rings. The van der Waals surface area contributed by atoms with Gasteiger partial charge in [-0.25, -0.2) is 0 Å². The molecule has 0 atom stereocenters. The van der Waals surface area contributed by atoms with Gasteiger partial charge in [-0.2, -0.15) is 0 Å². The largest absolute Gasteiger partial charge is 0.282 e. The van der Waals surface area contributed by atoms with Gasteiger partial charge in [-0.3, -0.25) is 14.5 Å². The van der Waals surface area contributed by atoms with Gasteiger partial charge in [0.2, 0.25) is 5.91 Å². The molecule has 4 heteroatoms. The highest BCUT2D eigenvalue weighted by Gasteiger charge is 2.30. The average molecular weight is 207 g/mol.